The molecule has 0 radical (unpaired) electrons. The summed E-state index contributed by atoms with van der Waals surface area (Å²) in [5.41, 5.74) is 5.60. The van der Waals surface area contributed by atoms with Crippen molar-refractivity contribution in [3.8, 4) is 0 Å². The van der Waals surface area contributed by atoms with Crippen LogP contribution in [0.15, 0.2) is 66.1 Å². The molecule has 1 saturated heterocycles. The maximum absolute atomic E-state index is 6.68. The number of nitrogens with one attached hydrogen (secondary N) is 1. The highest BCUT2D eigenvalue weighted by atomic mass is 35.5. The molecule has 4 nitrogen and oxygen atoms in total. The van der Waals surface area contributed by atoms with Crippen LogP contribution in [0.3, 0.4) is 0 Å². The standard InChI is InChI=1S/C23H23ClN4/c24-22-15-17(21-16-26-23-20(21)5-4-11-25-23)10-14-28(22)19-8-6-18(7-9-19)27-12-2-1-3-13-27/h4-11,15-16H,1-3,12-14H2,(H,25,26). The molecule has 5 rings (SSSR count). The molecule has 0 bridgehead atoms. The van der Waals surface area contributed by atoms with E-state index in [1.807, 2.05) is 18.3 Å². The SMILES string of the molecule is ClC1=CC(c2c[nH]c3ncccc23)=CCN1c1ccc(N2CCCCC2)cc1. The minimum Gasteiger partial charge on any atom is -0.372 e. The number of hydrogen-bond acceptors (Lipinski definition) is 3. The number of anilines is 2. The average molecular weight is 391 g/mol. The molecule has 1 N–H and O–H groups in total. The van der Waals surface area contributed by atoms with Crippen molar-refractivity contribution in [2.24, 2.45) is 0 Å². The second-order valence-corrected chi connectivity index (χ2v) is 7.79. The Morgan fingerprint density at radius 3 is 2.54 bits per heavy atom. The molecule has 28 heavy (non-hydrogen) atoms. The van der Waals surface area contributed by atoms with E-state index >= 15 is 0 Å². The number of piperidine rings is 1. The number of benzene rings is 1. The van der Waals surface area contributed by atoms with Crippen LogP contribution in [0.5, 0.6) is 0 Å². The highest BCUT2D eigenvalue weighted by molar-refractivity contribution is 6.32. The first-order valence-corrected chi connectivity index (χ1v) is 10.3. The molecule has 1 aromatic carbocycles. The number of hydrogen-bond donors (Lipinski definition) is 1. The van der Waals surface area contributed by atoms with E-state index < -0.39 is 0 Å². The van der Waals surface area contributed by atoms with Crippen LogP contribution in [0.2, 0.25) is 0 Å². The van der Waals surface area contributed by atoms with Gasteiger partial charge in [-0.2, -0.15) is 0 Å². The molecule has 0 aliphatic carbocycles. The molecule has 2 aromatic heterocycles. The number of aromatic amines is 1. The first-order chi connectivity index (χ1) is 13.8. The Labute approximate surface area is 170 Å². The number of halogens is 1. The van der Waals surface area contributed by atoms with Crippen LogP contribution < -0.4 is 9.80 Å². The van der Waals surface area contributed by atoms with Gasteiger partial charge >= 0.3 is 0 Å². The number of H-pyrrole nitrogens is 1. The fourth-order valence-electron chi connectivity index (χ4n) is 4.15. The highest BCUT2D eigenvalue weighted by Crippen LogP contribution is 2.33. The van der Waals surface area contributed by atoms with Crippen LogP contribution in [0.25, 0.3) is 16.6 Å². The molecule has 0 amide bonds. The average Bonchev–Trinajstić information content (AvgIpc) is 3.19. The van der Waals surface area contributed by atoms with Gasteiger partial charge in [-0.15, -0.1) is 0 Å². The zero-order valence-electron chi connectivity index (χ0n) is 15.7. The third-order valence-corrected chi connectivity index (χ3v) is 5.98. The zero-order valence-corrected chi connectivity index (χ0v) is 16.5. The molecule has 142 valence electrons. The summed E-state index contributed by atoms with van der Waals surface area (Å²) in [5.74, 6) is 0. The predicted molar refractivity (Wildman–Crippen MR) is 118 cm³/mol. The summed E-state index contributed by atoms with van der Waals surface area (Å²) in [7, 11) is 0. The van der Waals surface area contributed by atoms with Crippen molar-refractivity contribution in [3.05, 3.63) is 71.7 Å². The van der Waals surface area contributed by atoms with E-state index in [9.17, 15) is 0 Å². The molecule has 0 atom stereocenters. The summed E-state index contributed by atoms with van der Waals surface area (Å²) in [6.45, 7) is 3.07. The predicted octanol–water partition coefficient (Wildman–Crippen LogP) is 5.54. The summed E-state index contributed by atoms with van der Waals surface area (Å²) in [6, 6.07) is 12.8. The van der Waals surface area contributed by atoms with Crippen molar-refractivity contribution < 1.29 is 0 Å². The first kappa shape index (κ1) is 17.4. The molecule has 0 saturated carbocycles. The molecule has 5 heteroatoms. The molecule has 0 spiro atoms. The molecule has 0 unspecified atom stereocenters. The highest BCUT2D eigenvalue weighted by Gasteiger charge is 2.18. The van der Waals surface area contributed by atoms with Crippen molar-refractivity contribution in [3.63, 3.8) is 0 Å². The number of pyridine rings is 1. The molecular formula is C23H23ClN4. The fourth-order valence-corrected chi connectivity index (χ4v) is 4.43. The summed E-state index contributed by atoms with van der Waals surface area (Å²) in [5, 5.41) is 1.86. The van der Waals surface area contributed by atoms with E-state index in [1.54, 1.807) is 6.20 Å². The van der Waals surface area contributed by atoms with Gasteiger partial charge < -0.3 is 14.8 Å². The Morgan fingerprint density at radius 2 is 1.75 bits per heavy atom. The van der Waals surface area contributed by atoms with E-state index in [-0.39, 0.29) is 0 Å². The van der Waals surface area contributed by atoms with E-state index in [0.717, 1.165) is 52.6 Å². The third-order valence-electron chi connectivity index (χ3n) is 5.67. The van der Waals surface area contributed by atoms with Crippen LogP contribution in [0.1, 0.15) is 24.8 Å². The van der Waals surface area contributed by atoms with Gasteiger partial charge in [0.25, 0.3) is 0 Å². The second-order valence-electron chi connectivity index (χ2n) is 7.40. The third kappa shape index (κ3) is 3.18. The summed E-state index contributed by atoms with van der Waals surface area (Å²) < 4.78 is 0. The largest absolute Gasteiger partial charge is 0.372 e. The zero-order chi connectivity index (χ0) is 18.9. The van der Waals surface area contributed by atoms with E-state index in [0.29, 0.717) is 0 Å². The topological polar surface area (TPSA) is 35.2 Å². The van der Waals surface area contributed by atoms with Gasteiger partial charge in [-0.05, 0) is 67.3 Å². The lowest BCUT2D eigenvalue weighted by Crippen LogP contribution is -2.29. The van der Waals surface area contributed by atoms with Crippen LogP contribution >= 0.6 is 11.6 Å². The van der Waals surface area contributed by atoms with Gasteiger partial charge in [0.05, 0.1) is 0 Å². The van der Waals surface area contributed by atoms with Gasteiger partial charge in [0.1, 0.15) is 10.8 Å². The fraction of sp³-hybridized carbons (Fsp3) is 0.261. The normalized spacial score (nSPS) is 17.6. The number of fused-ring (bicyclic) bond motifs is 1. The van der Waals surface area contributed by atoms with Crippen molar-refractivity contribution in [2.45, 2.75) is 19.3 Å². The van der Waals surface area contributed by atoms with Gasteiger partial charge in [-0.1, -0.05) is 17.7 Å². The van der Waals surface area contributed by atoms with Gasteiger partial charge in [0.2, 0.25) is 0 Å². The molecule has 2 aliphatic rings. The minimum absolute atomic E-state index is 0.737. The first-order valence-electron chi connectivity index (χ1n) is 9.92. The van der Waals surface area contributed by atoms with Gasteiger partial charge in [0.15, 0.2) is 0 Å². The number of nitrogens with zero attached hydrogens (tertiary/aromatic N) is 3. The lowest BCUT2D eigenvalue weighted by molar-refractivity contribution is 0.578. The lowest BCUT2D eigenvalue weighted by Gasteiger charge is -2.30. The quantitative estimate of drug-likeness (QED) is 0.596. The Hall–Kier alpha value is -2.72. The number of rotatable bonds is 3. The van der Waals surface area contributed by atoms with Crippen LogP contribution in [-0.2, 0) is 0 Å². The van der Waals surface area contributed by atoms with E-state index in [1.165, 1.54) is 24.9 Å². The molecular weight excluding hydrogens is 368 g/mol. The Kier molecular flexibility index (Phi) is 4.57. The molecule has 3 aromatic rings. The van der Waals surface area contributed by atoms with E-state index in [2.05, 4.69) is 56.2 Å². The summed E-state index contributed by atoms with van der Waals surface area (Å²) in [6.07, 6.45) is 12.0. The maximum Gasteiger partial charge on any atom is 0.137 e. The molecule has 1 fully saturated rings. The Balaban J connectivity index is 1.36. The van der Waals surface area contributed by atoms with Crippen molar-refractivity contribution >= 4 is 39.6 Å². The number of allylic oxidation sites excluding steroid dienone is 2. The van der Waals surface area contributed by atoms with Gasteiger partial charge in [0, 0.05) is 54.4 Å². The summed E-state index contributed by atoms with van der Waals surface area (Å²) in [4.78, 5) is 12.2. The second kappa shape index (κ2) is 7.36. The van der Waals surface area contributed by atoms with E-state index in [4.69, 9.17) is 11.6 Å². The van der Waals surface area contributed by atoms with Gasteiger partial charge in [-0.25, -0.2) is 4.98 Å². The van der Waals surface area contributed by atoms with Crippen LogP contribution in [-0.4, -0.2) is 29.6 Å². The van der Waals surface area contributed by atoms with Crippen molar-refractivity contribution in [1.82, 2.24) is 9.97 Å². The summed E-state index contributed by atoms with van der Waals surface area (Å²) >= 11 is 6.68. The van der Waals surface area contributed by atoms with Crippen LogP contribution in [0.4, 0.5) is 11.4 Å². The minimum atomic E-state index is 0.737. The monoisotopic (exact) mass is 390 g/mol. The maximum atomic E-state index is 6.68. The lowest BCUT2D eigenvalue weighted by atomic mass is 10.0. The Morgan fingerprint density at radius 1 is 0.964 bits per heavy atom. The smallest absolute Gasteiger partial charge is 0.137 e. The van der Waals surface area contributed by atoms with Crippen molar-refractivity contribution in [1.29, 1.82) is 0 Å². The molecule has 4 heterocycles. The van der Waals surface area contributed by atoms with Gasteiger partial charge in [-0.3, -0.25) is 0 Å². The van der Waals surface area contributed by atoms with Crippen molar-refractivity contribution in [2.75, 3.05) is 29.4 Å². The van der Waals surface area contributed by atoms with Crippen LogP contribution in [0, 0.1) is 0 Å². The molecule has 2 aliphatic heterocycles. The number of aromatic nitrogens is 2. The Bertz CT molecular complexity index is 1040.